The molecule has 2 aromatic heterocycles. The number of cyclic esters (lactones) is 1. The first kappa shape index (κ1) is 14.6. The summed E-state index contributed by atoms with van der Waals surface area (Å²) in [7, 11) is 1.80. The van der Waals surface area contributed by atoms with Crippen LogP contribution in [-0.4, -0.2) is 35.8 Å². The van der Waals surface area contributed by atoms with Gasteiger partial charge >= 0.3 is 5.97 Å². The fraction of sp³-hybridized carbons (Fsp3) is 0.308. The molecule has 21 heavy (non-hydrogen) atoms. The Labute approximate surface area is 135 Å². The number of likely N-dealkylation sites (N-methyl/N-ethyl adjacent to an activating group) is 1. The second-order valence-electron chi connectivity index (χ2n) is 4.52. The molecule has 8 heteroatoms. The summed E-state index contributed by atoms with van der Waals surface area (Å²) in [6, 6.07) is 1.91. The van der Waals surface area contributed by atoms with Crippen molar-refractivity contribution in [1.29, 1.82) is 0 Å². The van der Waals surface area contributed by atoms with Crippen molar-refractivity contribution in [3.63, 3.8) is 0 Å². The minimum absolute atomic E-state index is 0.134. The summed E-state index contributed by atoms with van der Waals surface area (Å²) >= 11 is 9.29. The summed E-state index contributed by atoms with van der Waals surface area (Å²) in [5, 5.41) is 4.76. The molecule has 0 spiro atoms. The van der Waals surface area contributed by atoms with Gasteiger partial charge in [-0.1, -0.05) is 23.4 Å². The maximum atomic E-state index is 12.0. The molecular formula is C13H12ClN3O2S2. The number of thioether (sulfide) groups is 1. The maximum Gasteiger partial charge on any atom is 0.326 e. The van der Waals surface area contributed by atoms with Gasteiger partial charge in [0.2, 0.25) is 0 Å². The van der Waals surface area contributed by atoms with Crippen LogP contribution in [0.15, 0.2) is 22.0 Å². The number of ether oxygens (including phenoxy) is 1. The first-order valence-corrected chi connectivity index (χ1v) is 8.69. The molecule has 2 aromatic rings. The third-order valence-corrected chi connectivity index (χ3v) is 4.66. The number of halogens is 1. The van der Waals surface area contributed by atoms with Crippen LogP contribution >= 0.6 is 34.7 Å². The lowest BCUT2D eigenvalue weighted by atomic mass is 10.1. The molecule has 0 fully saturated rings. The van der Waals surface area contributed by atoms with Crippen LogP contribution in [0.1, 0.15) is 17.2 Å². The minimum Gasteiger partial charge on any atom is -0.451 e. The molecule has 1 atom stereocenters. The van der Waals surface area contributed by atoms with Gasteiger partial charge in [-0.2, -0.15) is 11.3 Å². The second kappa shape index (κ2) is 5.82. The number of fused-ring (bicyclic) bond motifs is 1. The molecule has 0 amide bonds. The summed E-state index contributed by atoms with van der Waals surface area (Å²) in [5.74, 6) is 0.329. The van der Waals surface area contributed by atoms with Crippen molar-refractivity contribution in [1.82, 2.24) is 9.97 Å². The number of rotatable bonds is 2. The van der Waals surface area contributed by atoms with Crippen molar-refractivity contribution < 1.29 is 9.53 Å². The van der Waals surface area contributed by atoms with Gasteiger partial charge in [-0.25, -0.2) is 9.97 Å². The third kappa shape index (κ3) is 2.73. The normalized spacial score (nSPS) is 18.1. The average Bonchev–Trinajstić information content (AvgIpc) is 2.94. The summed E-state index contributed by atoms with van der Waals surface area (Å²) in [6.07, 6.45) is 1.32. The molecule has 0 saturated heterocycles. The van der Waals surface area contributed by atoms with Crippen molar-refractivity contribution in [3.05, 3.63) is 33.1 Å². The molecule has 3 heterocycles. The SMILES string of the molecule is CSc1nc(Cl)c2c(n1)N(C)CC(=O)OC2c1ccsc1. The topological polar surface area (TPSA) is 55.3 Å². The van der Waals surface area contributed by atoms with Gasteiger partial charge in [0, 0.05) is 12.6 Å². The van der Waals surface area contributed by atoms with E-state index in [-0.39, 0.29) is 12.5 Å². The highest BCUT2D eigenvalue weighted by atomic mass is 35.5. The molecular weight excluding hydrogens is 330 g/mol. The highest BCUT2D eigenvalue weighted by molar-refractivity contribution is 7.98. The van der Waals surface area contributed by atoms with E-state index in [4.69, 9.17) is 16.3 Å². The van der Waals surface area contributed by atoms with Crippen LogP contribution < -0.4 is 4.90 Å². The summed E-state index contributed by atoms with van der Waals surface area (Å²) in [5.41, 5.74) is 1.52. The molecule has 1 unspecified atom stereocenters. The zero-order valence-electron chi connectivity index (χ0n) is 11.4. The number of thiophene rings is 1. The molecule has 0 bridgehead atoms. The van der Waals surface area contributed by atoms with Gasteiger partial charge < -0.3 is 9.64 Å². The summed E-state index contributed by atoms with van der Waals surface area (Å²) in [6.45, 7) is 0.134. The van der Waals surface area contributed by atoms with Gasteiger partial charge in [0.25, 0.3) is 0 Å². The van der Waals surface area contributed by atoms with E-state index in [1.807, 2.05) is 23.1 Å². The van der Waals surface area contributed by atoms with Crippen molar-refractivity contribution in [2.75, 3.05) is 24.7 Å². The van der Waals surface area contributed by atoms with E-state index >= 15 is 0 Å². The lowest BCUT2D eigenvalue weighted by Gasteiger charge is -2.19. The van der Waals surface area contributed by atoms with Gasteiger partial charge in [0.1, 0.15) is 17.5 Å². The van der Waals surface area contributed by atoms with E-state index < -0.39 is 6.10 Å². The van der Waals surface area contributed by atoms with Crippen LogP contribution in [0.25, 0.3) is 0 Å². The Morgan fingerprint density at radius 3 is 3.00 bits per heavy atom. The number of aromatic nitrogens is 2. The molecule has 0 N–H and O–H groups in total. The van der Waals surface area contributed by atoms with E-state index in [2.05, 4.69) is 9.97 Å². The van der Waals surface area contributed by atoms with Crippen LogP contribution in [0.3, 0.4) is 0 Å². The predicted molar refractivity (Wildman–Crippen MR) is 84.3 cm³/mol. The lowest BCUT2D eigenvalue weighted by Crippen LogP contribution is -2.25. The summed E-state index contributed by atoms with van der Waals surface area (Å²) < 4.78 is 5.56. The van der Waals surface area contributed by atoms with Gasteiger partial charge in [0.05, 0.1) is 5.56 Å². The monoisotopic (exact) mass is 341 g/mol. The van der Waals surface area contributed by atoms with E-state index in [1.165, 1.54) is 23.1 Å². The molecule has 1 aliphatic heterocycles. The largest absolute Gasteiger partial charge is 0.451 e. The molecule has 0 radical (unpaired) electrons. The Bertz CT molecular complexity index is 678. The Kier molecular flexibility index (Phi) is 4.05. The molecule has 5 nitrogen and oxygen atoms in total. The van der Waals surface area contributed by atoms with Crippen molar-refractivity contribution in [2.45, 2.75) is 11.3 Å². The smallest absolute Gasteiger partial charge is 0.326 e. The molecule has 110 valence electrons. The molecule has 0 aliphatic carbocycles. The Balaban J connectivity index is 2.20. The Morgan fingerprint density at radius 2 is 2.33 bits per heavy atom. The van der Waals surface area contributed by atoms with Crippen LogP contribution in [0.2, 0.25) is 5.15 Å². The molecule has 3 rings (SSSR count). The highest BCUT2D eigenvalue weighted by Gasteiger charge is 2.32. The Morgan fingerprint density at radius 1 is 1.52 bits per heavy atom. The number of hydrogen-bond donors (Lipinski definition) is 0. The van der Waals surface area contributed by atoms with Crippen LogP contribution in [0.4, 0.5) is 5.82 Å². The highest BCUT2D eigenvalue weighted by Crippen LogP contribution is 2.39. The van der Waals surface area contributed by atoms with E-state index in [1.54, 1.807) is 11.9 Å². The van der Waals surface area contributed by atoms with Gasteiger partial charge in [-0.05, 0) is 23.1 Å². The number of anilines is 1. The van der Waals surface area contributed by atoms with Crippen molar-refractivity contribution in [3.8, 4) is 0 Å². The first-order chi connectivity index (χ1) is 10.1. The fourth-order valence-corrected chi connectivity index (χ4v) is 3.52. The number of carbonyl (C=O) groups excluding carboxylic acids is 1. The standard InChI is InChI=1S/C13H12ClN3O2S2/c1-17-5-8(18)19-10(7-3-4-21-6-7)9-11(14)15-13(20-2)16-12(9)17/h3-4,6,10H,5H2,1-2H3. The first-order valence-electron chi connectivity index (χ1n) is 6.14. The summed E-state index contributed by atoms with van der Waals surface area (Å²) in [4.78, 5) is 22.5. The number of esters is 1. The van der Waals surface area contributed by atoms with Crippen LogP contribution in [-0.2, 0) is 9.53 Å². The third-order valence-electron chi connectivity index (χ3n) is 3.13. The minimum atomic E-state index is -0.563. The van der Waals surface area contributed by atoms with E-state index in [0.717, 1.165) is 5.56 Å². The lowest BCUT2D eigenvalue weighted by molar-refractivity contribution is -0.145. The maximum absolute atomic E-state index is 12.0. The second-order valence-corrected chi connectivity index (χ2v) is 6.43. The number of nitrogens with zero attached hydrogens (tertiary/aromatic N) is 3. The molecule has 0 aromatic carbocycles. The quantitative estimate of drug-likeness (QED) is 0.362. The predicted octanol–water partition coefficient (Wildman–Crippen LogP) is 3.00. The van der Waals surface area contributed by atoms with Crippen molar-refractivity contribution >= 4 is 46.5 Å². The van der Waals surface area contributed by atoms with E-state index in [0.29, 0.717) is 21.7 Å². The number of hydrogen-bond acceptors (Lipinski definition) is 7. The van der Waals surface area contributed by atoms with Gasteiger partial charge in [0.15, 0.2) is 11.3 Å². The Hall–Kier alpha value is -1.31. The zero-order chi connectivity index (χ0) is 15.0. The average molecular weight is 342 g/mol. The van der Waals surface area contributed by atoms with Gasteiger partial charge in [-0.15, -0.1) is 0 Å². The molecule has 0 saturated carbocycles. The fourth-order valence-electron chi connectivity index (χ4n) is 2.18. The van der Waals surface area contributed by atoms with Crippen LogP contribution in [0.5, 0.6) is 0 Å². The molecule has 1 aliphatic rings. The van der Waals surface area contributed by atoms with Crippen molar-refractivity contribution in [2.24, 2.45) is 0 Å². The zero-order valence-corrected chi connectivity index (χ0v) is 13.8. The number of carbonyl (C=O) groups is 1. The van der Waals surface area contributed by atoms with E-state index in [9.17, 15) is 4.79 Å². The van der Waals surface area contributed by atoms with Gasteiger partial charge in [-0.3, -0.25) is 4.79 Å². The van der Waals surface area contributed by atoms with Crippen LogP contribution in [0, 0.1) is 0 Å².